The van der Waals surface area contributed by atoms with Crippen LogP contribution in [0, 0.1) is 5.92 Å². The minimum atomic E-state index is -1.20. The van der Waals surface area contributed by atoms with Crippen LogP contribution in [0.5, 0.6) is 0 Å². The summed E-state index contributed by atoms with van der Waals surface area (Å²) in [5.74, 6) is -2.99. The van der Waals surface area contributed by atoms with Crippen molar-refractivity contribution in [3.63, 3.8) is 0 Å². The van der Waals surface area contributed by atoms with Crippen LogP contribution in [-0.2, 0) is 19.2 Å². The fraction of sp³-hybridized carbons (Fsp3) is 0.722. The van der Waals surface area contributed by atoms with E-state index in [4.69, 9.17) is 11.5 Å². The number of aliphatic imine (C=N–C) groups is 1. The van der Waals surface area contributed by atoms with E-state index in [0.717, 1.165) is 13.0 Å². The monoisotopic (exact) mass is 427 g/mol. The Hall–Kier alpha value is -2.89. The Kier molecular flexibility index (Phi) is 10.6. The zero-order valence-corrected chi connectivity index (χ0v) is 17.4. The lowest BCUT2D eigenvalue weighted by molar-refractivity contribution is -0.142. The van der Waals surface area contributed by atoms with Crippen LogP contribution < -0.4 is 32.7 Å². The molecule has 170 valence electrons. The molecule has 0 saturated carbocycles. The van der Waals surface area contributed by atoms with Gasteiger partial charge in [-0.25, -0.2) is 4.79 Å². The predicted molar refractivity (Wildman–Crippen MR) is 110 cm³/mol. The van der Waals surface area contributed by atoms with Gasteiger partial charge in [-0.05, 0) is 38.1 Å². The largest absolute Gasteiger partial charge is 0.480 e. The lowest BCUT2D eigenvalue weighted by Crippen LogP contribution is -2.55. The number of guanidine groups is 1. The zero-order chi connectivity index (χ0) is 22.7. The van der Waals surface area contributed by atoms with Gasteiger partial charge in [0.1, 0.15) is 12.1 Å². The minimum Gasteiger partial charge on any atom is -0.480 e. The third kappa shape index (κ3) is 9.07. The maximum Gasteiger partial charge on any atom is 0.326 e. The number of amides is 3. The molecule has 0 radical (unpaired) electrons. The van der Waals surface area contributed by atoms with E-state index in [9.17, 15) is 24.3 Å². The fourth-order valence-electron chi connectivity index (χ4n) is 2.98. The number of nitrogens with one attached hydrogen (secondary N) is 4. The van der Waals surface area contributed by atoms with Crippen LogP contribution in [0.2, 0.25) is 0 Å². The number of carbonyl (C=O) groups is 4. The van der Waals surface area contributed by atoms with Gasteiger partial charge in [0.15, 0.2) is 5.96 Å². The summed E-state index contributed by atoms with van der Waals surface area (Å²) in [7, 11) is 0. The second-order valence-electron chi connectivity index (χ2n) is 7.50. The summed E-state index contributed by atoms with van der Waals surface area (Å²) in [4.78, 5) is 51.9. The third-order valence-electron chi connectivity index (χ3n) is 4.63. The van der Waals surface area contributed by atoms with E-state index in [0.29, 0.717) is 12.8 Å². The Balaban J connectivity index is 2.56. The molecule has 0 spiro atoms. The first-order valence-corrected chi connectivity index (χ1v) is 10.0. The normalized spacial score (nSPS) is 17.6. The molecule has 9 N–H and O–H groups in total. The van der Waals surface area contributed by atoms with Gasteiger partial charge in [0.2, 0.25) is 17.7 Å². The second kappa shape index (κ2) is 12.6. The Morgan fingerprint density at radius 2 is 1.90 bits per heavy atom. The standard InChI is InChI=1S/C18H33N7O5/c1-10(2)14(25-13(26)9-23-15(27)11-5-3-7-21-11)16(28)24-12(17(29)30)6-4-8-22-18(19)20/h10-12,14,21H,3-9H2,1-2H3,(H,23,27)(H,24,28)(H,25,26)(H,29,30)(H4,19,20,22). The topological polar surface area (TPSA) is 201 Å². The van der Waals surface area contributed by atoms with Gasteiger partial charge >= 0.3 is 5.97 Å². The van der Waals surface area contributed by atoms with Crippen molar-refractivity contribution in [2.45, 2.75) is 57.7 Å². The maximum absolute atomic E-state index is 12.6. The van der Waals surface area contributed by atoms with E-state index in [1.807, 2.05) is 0 Å². The lowest BCUT2D eigenvalue weighted by Gasteiger charge is -2.24. The van der Waals surface area contributed by atoms with Gasteiger partial charge in [-0.2, -0.15) is 0 Å². The molecule has 1 rings (SSSR count). The van der Waals surface area contributed by atoms with Crippen molar-refractivity contribution in [3.05, 3.63) is 0 Å². The molecule has 3 atom stereocenters. The molecule has 1 aliphatic rings. The van der Waals surface area contributed by atoms with E-state index in [1.54, 1.807) is 13.8 Å². The zero-order valence-electron chi connectivity index (χ0n) is 17.4. The van der Waals surface area contributed by atoms with Crippen LogP contribution in [0.25, 0.3) is 0 Å². The molecule has 30 heavy (non-hydrogen) atoms. The first-order valence-electron chi connectivity index (χ1n) is 10.0. The average Bonchev–Trinajstić information content (AvgIpc) is 3.20. The number of hydrogen-bond acceptors (Lipinski definition) is 6. The highest BCUT2D eigenvalue weighted by Crippen LogP contribution is 2.06. The summed E-state index contributed by atoms with van der Waals surface area (Å²) in [5.41, 5.74) is 10.4. The Morgan fingerprint density at radius 3 is 2.43 bits per heavy atom. The van der Waals surface area contributed by atoms with Crippen molar-refractivity contribution < 1.29 is 24.3 Å². The van der Waals surface area contributed by atoms with Gasteiger partial charge in [0, 0.05) is 6.54 Å². The number of nitrogens with zero attached hydrogens (tertiary/aromatic N) is 1. The molecule has 3 amide bonds. The summed E-state index contributed by atoms with van der Waals surface area (Å²) >= 11 is 0. The van der Waals surface area contributed by atoms with E-state index in [-0.39, 0.29) is 43.3 Å². The highest BCUT2D eigenvalue weighted by molar-refractivity contribution is 5.92. The van der Waals surface area contributed by atoms with Gasteiger partial charge in [0.25, 0.3) is 0 Å². The van der Waals surface area contributed by atoms with Crippen molar-refractivity contribution in [1.29, 1.82) is 0 Å². The second-order valence-corrected chi connectivity index (χ2v) is 7.50. The number of carboxylic acid groups (broad SMARTS) is 1. The Morgan fingerprint density at radius 1 is 1.20 bits per heavy atom. The van der Waals surface area contributed by atoms with E-state index in [1.165, 1.54) is 0 Å². The van der Waals surface area contributed by atoms with E-state index >= 15 is 0 Å². The molecule has 1 heterocycles. The quantitative estimate of drug-likeness (QED) is 0.102. The molecule has 1 fully saturated rings. The first kappa shape index (κ1) is 25.1. The Bertz CT molecular complexity index is 643. The van der Waals surface area contributed by atoms with E-state index < -0.39 is 29.9 Å². The summed E-state index contributed by atoms with van der Waals surface area (Å²) in [6.45, 7) is 4.17. The van der Waals surface area contributed by atoms with Crippen LogP contribution in [0.15, 0.2) is 4.99 Å². The van der Waals surface area contributed by atoms with Gasteiger partial charge in [-0.1, -0.05) is 13.8 Å². The van der Waals surface area contributed by atoms with Crippen molar-refractivity contribution in [2.75, 3.05) is 19.6 Å². The van der Waals surface area contributed by atoms with Crippen LogP contribution in [0.3, 0.4) is 0 Å². The van der Waals surface area contributed by atoms with Gasteiger partial charge in [-0.3, -0.25) is 19.4 Å². The number of aliphatic carboxylic acids is 1. The van der Waals surface area contributed by atoms with Crippen LogP contribution in [-0.4, -0.2) is 72.5 Å². The van der Waals surface area contributed by atoms with Crippen molar-refractivity contribution in [2.24, 2.45) is 22.4 Å². The molecule has 1 saturated heterocycles. The number of carbonyl (C=O) groups excluding carboxylic acids is 3. The number of hydrogen-bond donors (Lipinski definition) is 7. The predicted octanol–water partition coefficient (Wildman–Crippen LogP) is -2.38. The summed E-state index contributed by atoms with van der Waals surface area (Å²) in [6.07, 6.45) is 2.09. The van der Waals surface area contributed by atoms with E-state index in [2.05, 4.69) is 26.3 Å². The molecular formula is C18H33N7O5. The van der Waals surface area contributed by atoms with Gasteiger partial charge in [0.05, 0.1) is 12.6 Å². The molecule has 12 nitrogen and oxygen atoms in total. The Labute approximate surface area is 175 Å². The number of rotatable bonds is 12. The summed E-state index contributed by atoms with van der Waals surface area (Å²) in [5, 5.41) is 19.9. The highest BCUT2D eigenvalue weighted by atomic mass is 16.4. The molecule has 1 aliphatic heterocycles. The fourth-order valence-corrected chi connectivity index (χ4v) is 2.98. The molecule has 0 aromatic rings. The molecule has 0 bridgehead atoms. The molecule has 12 heteroatoms. The van der Waals surface area contributed by atoms with Crippen LogP contribution in [0.4, 0.5) is 0 Å². The van der Waals surface area contributed by atoms with Crippen LogP contribution in [0.1, 0.15) is 39.5 Å². The summed E-state index contributed by atoms with van der Waals surface area (Å²) in [6, 6.07) is -2.39. The van der Waals surface area contributed by atoms with Gasteiger partial charge in [-0.15, -0.1) is 0 Å². The third-order valence-corrected chi connectivity index (χ3v) is 4.63. The van der Waals surface area contributed by atoms with Crippen molar-refractivity contribution in [3.8, 4) is 0 Å². The minimum absolute atomic E-state index is 0.0932. The SMILES string of the molecule is CC(C)C(NC(=O)CNC(=O)C1CCCN1)C(=O)NC(CCCN=C(N)N)C(=O)O. The van der Waals surface area contributed by atoms with Crippen molar-refractivity contribution in [1.82, 2.24) is 21.3 Å². The molecule has 3 unspecified atom stereocenters. The summed E-state index contributed by atoms with van der Waals surface area (Å²) < 4.78 is 0. The number of carboxylic acids is 1. The van der Waals surface area contributed by atoms with Crippen LogP contribution >= 0.6 is 0 Å². The smallest absolute Gasteiger partial charge is 0.326 e. The molecular weight excluding hydrogens is 394 g/mol. The average molecular weight is 428 g/mol. The van der Waals surface area contributed by atoms with Crippen molar-refractivity contribution >= 4 is 29.7 Å². The highest BCUT2D eigenvalue weighted by Gasteiger charge is 2.29. The first-order chi connectivity index (χ1) is 14.1. The van der Waals surface area contributed by atoms with Gasteiger partial charge < -0.3 is 37.8 Å². The number of nitrogens with two attached hydrogens (primary N) is 2. The molecule has 0 aliphatic carbocycles. The lowest BCUT2D eigenvalue weighted by atomic mass is 10.0. The molecule has 0 aromatic carbocycles. The molecule has 0 aromatic heterocycles. The maximum atomic E-state index is 12.6.